The number of nitrogens with two attached hydrogens (primary N) is 1. The van der Waals surface area contributed by atoms with Crippen molar-refractivity contribution in [2.45, 2.75) is 50.8 Å². The van der Waals surface area contributed by atoms with E-state index in [4.69, 9.17) is 10.5 Å². The van der Waals surface area contributed by atoms with Crippen LogP contribution in [0.4, 0.5) is 0 Å². The molecule has 1 aliphatic rings. The molecule has 0 saturated heterocycles. The molecule has 21 heavy (non-hydrogen) atoms. The lowest BCUT2D eigenvalue weighted by atomic mass is 9.94. The number of hydrogen-bond acceptors (Lipinski definition) is 3. The molecule has 1 aromatic heterocycles. The van der Waals surface area contributed by atoms with Gasteiger partial charge in [-0.1, -0.05) is 12.1 Å². The van der Waals surface area contributed by atoms with Gasteiger partial charge in [0, 0.05) is 19.2 Å². The maximum absolute atomic E-state index is 11.9. The number of nitrogens with zero attached hydrogens (tertiary/aromatic N) is 1. The summed E-state index contributed by atoms with van der Waals surface area (Å²) in [6.45, 7) is 1.37. The molecule has 1 heterocycles. The molecule has 2 atom stereocenters. The van der Waals surface area contributed by atoms with E-state index in [1.165, 1.54) is 0 Å². The molecule has 0 radical (unpaired) electrons. The zero-order valence-electron chi connectivity index (χ0n) is 12.3. The number of aromatic amines is 1. The SMILES string of the molecule is NC1CCCC(OCCCn2c(=O)[nH]c3ccccc32)C1. The molecule has 114 valence electrons. The Morgan fingerprint density at radius 3 is 3.05 bits per heavy atom. The molecule has 1 aliphatic carbocycles. The third-order valence-corrected chi connectivity index (χ3v) is 4.23. The second kappa shape index (κ2) is 6.45. The van der Waals surface area contributed by atoms with Crippen molar-refractivity contribution in [3.05, 3.63) is 34.7 Å². The van der Waals surface area contributed by atoms with E-state index in [1.54, 1.807) is 4.57 Å². The fourth-order valence-electron chi connectivity index (χ4n) is 3.13. The number of aromatic nitrogens is 2. The summed E-state index contributed by atoms with van der Waals surface area (Å²) >= 11 is 0. The van der Waals surface area contributed by atoms with Gasteiger partial charge in [0.25, 0.3) is 0 Å². The molecule has 3 N–H and O–H groups in total. The molecule has 1 saturated carbocycles. The van der Waals surface area contributed by atoms with E-state index in [9.17, 15) is 4.79 Å². The Balaban J connectivity index is 1.53. The molecule has 0 spiro atoms. The molecule has 3 rings (SSSR count). The highest BCUT2D eigenvalue weighted by Crippen LogP contribution is 2.20. The molecule has 5 nitrogen and oxygen atoms in total. The van der Waals surface area contributed by atoms with Crippen molar-refractivity contribution in [2.75, 3.05) is 6.61 Å². The average Bonchev–Trinajstić information content (AvgIpc) is 2.79. The molecule has 0 aliphatic heterocycles. The zero-order valence-corrected chi connectivity index (χ0v) is 12.3. The van der Waals surface area contributed by atoms with E-state index in [0.717, 1.165) is 43.1 Å². The molecule has 5 heteroatoms. The van der Waals surface area contributed by atoms with Crippen molar-refractivity contribution in [2.24, 2.45) is 5.73 Å². The van der Waals surface area contributed by atoms with E-state index in [2.05, 4.69) is 4.98 Å². The van der Waals surface area contributed by atoms with Crippen LogP contribution in [0.5, 0.6) is 0 Å². The van der Waals surface area contributed by atoms with Crippen molar-refractivity contribution in [3.63, 3.8) is 0 Å². The predicted octanol–water partition coefficient (Wildman–Crippen LogP) is 2.01. The van der Waals surface area contributed by atoms with E-state index in [1.807, 2.05) is 24.3 Å². The van der Waals surface area contributed by atoms with Crippen LogP contribution in [0.3, 0.4) is 0 Å². The van der Waals surface area contributed by atoms with Gasteiger partial charge >= 0.3 is 5.69 Å². The van der Waals surface area contributed by atoms with Gasteiger partial charge in [-0.2, -0.15) is 0 Å². The first-order valence-corrected chi connectivity index (χ1v) is 7.79. The first-order valence-electron chi connectivity index (χ1n) is 7.79. The van der Waals surface area contributed by atoms with Gasteiger partial charge in [-0.3, -0.25) is 4.57 Å². The van der Waals surface area contributed by atoms with Crippen LogP contribution in [0.15, 0.2) is 29.1 Å². The third-order valence-electron chi connectivity index (χ3n) is 4.23. The van der Waals surface area contributed by atoms with Gasteiger partial charge in [-0.15, -0.1) is 0 Å². The number of rotatable bonds is 5. The summed E-state index contributed by atoms with van der Waals surface area (Å²) in [5.41, 5.74) is 7.76. The Labute approximate surface area is 124 Å². The maximum atomic E-state index is 11.9. The van der Waals surface area contributed by atoms with Crippen molar-refractivity contribution in [3.8, 4) is 0 Å². The number of para-hydroxylation sites is 2. The van der Waals surface area contributed by atoms with Crippen LogP contribution in [0.2, 0.25) is 0 Å². The Morgan fingerprint density at radius 1 is 1.33 bits per heavy atom. The average molecular weight is 289 g/mol. The van der Waals surface area contributed by atoms with E-state index >= 15 is 0 Å². The van der Waals surface area contributed by atoms with Gasteiger partial charge in [-0.25, -0.2) is 4.79 Å². The Hall–Kier alpha value is -1.59. The summed E-state index contributed by atoms with van der Waals surface area (Å²) in [5.74, 6) is 0. The predicted molar refractivity (Wildman–Crippen MR) is 83.4 cm³/mol. The molecular weight excluding hydrogens is 266 g/mol. The molecule has 2 aromatic rings. The number of imidazole rings is 1. The van der Waals surface area contributed by atoms with E-state index < -0.39 is 0 Å². The van der Waals surface area contributed by atoms with Crippen molar-refractivity contribution in [1.29, 1.82) is 0 Å². The Kier molecular flexibility index (Phi) is 4.41. The number of H-pyrrole nitrogens is 1. The lowest BCUT2D eigenvalue weighted by Crippen LogP contribution is -2.32. The highest BCUT2D eigenvalue weighted by molar-refractivity contribution is 5.74. The largest absolute Gasteiger partial charge is 0.378 e. The number of aryl methyl sites for hydroxylation is 1. The van der Waals surface area contributed by atoms with Crippen LogP contribution in [-0.2, 0) is 11.3 Å². The first-order chi connectivity index (χ1) is 10.2. The summed E-state index contributed by atoms with van der Waals surface area (Å²) in [6, 6.07) is 8.06. The van der Waals surface area contributed by atoms with Crippen LogP contribution >= 0.6 is 0 Å². The fraction of sp³-hybridized carbons (Fsp3) is 0.562. The number of hydrogen-bond donors (Lipinski definition) is 2. The highest BCUT2D eigenvalue weighted by atomic mass is 16.5. The molecule has 0 bridgehead atoms. The summed E-state index contributed by atoms with van der Waals surface area (Å²) in [7, 11) is 0. The van der Waals surface area contributed by atoms with E-state index in [0.29, 0.717) is 25.3 Å². The lowest BCUT2D eigenvalue weighted by molar-refractivity contribution is 0.0210. The monoisotopic (exact) mass is 289 g/mol. The van der Waals surface area contributed by atoms with Crippen LogP contribution in [0.25, 0.3) is 11.0 Å². The second-order valence-electron chi connectivity index (χ2n) is 5.87. The van der Waals surface area contributed by atoms with Gasteiger partial charge < -0.3 is 15.5 Å². The van der Waals surface area contributed by atoms with Gasteiger partial charge in [0.05, 0.1) is 17.1 Å². The lowest BCUT2D eigenvalue weighted by Gasteiger charge is -2.26. The smallest absolute Gasteiger partial charge is 0.326 e. The van der Waals surface area contributed by atoms with Crippen LogP contribution in [0.1, 0.15) is 32.1 Å². The second-order valence-corrected chi connectivity index (χ2v) is 5.87. The van der Waals surface area contributed by atoms with Crippen LogP contribution < -0.4 is 11.4 Å². The molecule has 2 unspecified atom stereocenters. The summed E-state index contributed by atoms with van der Waals surface area (Å²) in [4.78, 5) is 14.8. The minimum Gasteiger partial charge on any atom is -0.378 e. The van der Waals surface area contributed by atoms with Gasteiger partial charge in [-0.05, 0) is 44.2 Å². The summed E-state index contributed by atoms with van der Waals surface area (Å²) in [6.07, 6.45) is 5.49. The number of ether oxygens (including phenoxy) is 1. The van der Waals surface area contributed by atoms with Gasteiger partial charge in [0.15, 0.2) is 0 Å². The number of fused-ring (bicyclic) bond motifs is 1. The quantitative estimate of drug-likeness (QED) is 0.827. The summed E-state index contributed by atoms with van der Waals surface area (Å²) in [5, 5.41) is 0. The summed E-state index contributed by atoms with van der Waals surface area (Å²) < 4.78 is 7.68. The number of benzene rings is 1. The molecule has 1 aromatic carbocycles. The zero-order chi connectivity index (χ0) is 14.7. The minimum atomic E-state index is -0.0455. The highest BCUT2D eigenvalue weighted by Gasteiger charge is 2.19. The van der Waals surface area contributed by atoms with Crippen molar-refractivity contribution >= 4 is 11.0 Å². The van der Waals surface area contributed by atoms with Crippen LogP contribution in [-0.4, -0.2) is 28.3 Å². The van der Waals surface area contributed by atoms with Gasteiger partial charge in [0.2, 0.25) is 0 Å². The minimum absolute atomic E-state index is 0.0455. The first kappa shape index (κ1) is 14.4. The standard InChI is InChI=1S/C16H23N3O2/c17-12-5-3-6-13(11-12)21-10-4-9-19-15-8-2-1-7-14(15)18-16(19)20/h1-2,7-8,12-13H,3-6,9-11,17H2,(H,18,20). The topological polar surface area (TPSA) is 73.0 Å². The molecular formula is C16H23N3O2. The molecule has 1 fully saturated rings. The fourth-order valence-corrected chi connectivity index (χ4v) is 3.13. The Bertz CT molecular complexity index is 646. The molecule has 0 amide bonds. The Morgan fingerprint density at radius 2 is 2.19 bits per heavy atom. The third kappa shape index (κ3) is 3.36. The van der Waals surface area contributed by atoms with Crippen molar-refractivity contribution < 1.29 is 4.74 Å². The number of nitrogens with one attached hydrogen (secondary N) is 1. The maximum Gasteiger partial charge on any atom is 0.326 e. The normalized spacial score (nSPS) is 22.7. The van der Waals surface area contributed by atoms with Crippen LogP contribution in [0, 0.1) is 0 Å². The van der Waals surface area contributed by atoms with E-state index in [-0.39, 0.29) is 5.69 Å². The van der Waals surface area contributed by atoms with Gasteiger partial charge in [0.1, 0.15) is 0 Å². The van der Waals surface area contributed by atoms with Crippen molar-refractivity contribution in [1.82, 2.24) is 9.55 Å².